The number of carbonyl (C=O) groups excluding carboxylic acids is 2. The maximum absolute atomic E-state index is 12.8. The highest BCUT2D eigenvalue weighted by Crippen LogP contribution is 2.37. The maximum atomic E-state index is 12.8. The quantitative estimate of drug-likeness (QED) is 0.891. The molecule has 0 bridgehead atoms. The van der Waals surface area contributed by atoms with Crippen LogP contribution in [0.2, 0.25) is 5.02 Å². The van der Waals surface area contributed by atoms with Gasteiger partial charge in [-0.2, -0.15) is 0 Å². The number of carbonyl (C=O) groups is 2. The van der Waals surface area contributed by atoms with Crippen LogP contribution < -0.4 is 15.2 Å². The number of nitrogens with two attached hydrogens (primary N) is 1. The van der Waals surface area contributed by atoms with Crippen molar-refractivity contribution in [3.63, 3.8) is 0 Å². The summed E-state index contributed by atoms with van der Waals surface area (Å²) in [4.78, 5) is 25.9. The third-order valence-corrected chi connectivity index (χ3v) is 4.14. The van der Waals surface area contributed by atoms with E-state index in [1.807, 2.05) is 6.92 Å². The summed E-state index contributed by atoms with van der Waals surface area (Å²) in [6.07, 6.45) is 2.31. The summed E-state index contributed by atoms with van der Waals surface area (Å²) in [6, 6.07) is 2.53. The predicted octanol–water partition coefficient (Wildman–Crippen LogP) is 2.23. The second kappa shape index (κ2) is 7.55. The lowest BCUT2D eigenvalue weighted by Gasteiger charge is -2.33. The minimum absolute atomic E-state index is 0.281. The average Bonchev–Trinajstić information content (AvgIpc) is 2.55. The Morgan fingerprint density at radius 3 is 2.74 bits per heavy atom. The van der Waals surface area contributed by atoms with Crippen LogP contribution in [0.5, 0.6) is 11.5 Å². The monoisotopic (exact) mass is 340 g/mol. The molecule has 1 heterocycles. The van der Waals surface area contributed by atoms with Crippen LogP contribution in [-0.2, 0) is 4.79 Å². The van der Waals surface area contributed by atoms with Crippen molar-refractivity contribution >= 4 is 23.4 Å². The molecule has 0 spiro atoms. The summed E-state index contributed by atoms with van der Waals surface area (Å²) in [5, 5.41) is 0.294. The summed E-state index contributed by atoms with van der Waals surface area (Å²) in [5.74, 6) is 0.0208. The van der Waals surface area contributed by atoms with Crippen molar-refractivity contribution in [3.05, 3.63) is 22.7 Å². The number of benzene rings is 1. The molecule has 1 unspecified atom stereocenters. The summed E-state index contributed by atoms with van der Waals surface area (Å²) >= 11 is 6.21. The molecule has 1 aromatic carbocycles. The molecule has 7 heteroatoms. The summed E-state index contributed by atoms with van der Waals surface area (Å²) in [7, 11) is 1.48. The highest BCUT2D eigenvalue weighted by atomic mass is 35.5. The van der Waals surface area contributed by atoms with Crippen LogP contribution in [0.3, 0.4) is 0 Å². The van der Waals surface area contributed by atoms with Gasteiger partial charge in [-0.25, -0.2) is 0 Å². The van der Waals surface area contributed by atoms with Crippen molar-refractivity contribution in [2.24, 2.45) is 5.73 Å². The van der Waals surface area contributed by atoms with E-state index in [0.717, 1.165) is 12.8 Å². The SMILES string of the molecule is CCOc1c(Cl)cc(C(=O)N2CCCCC2C(N)=O)cc1OC. The van der Waals surface area contributed by atoms with Gasteiger partial charge in [-0.15, -0.1) is 0 Å². The molecule has 0 saturated carbocycles. The first-order chi connectivity index (χ1) is 11.0. The summed E-state index contributed by atoms with van der Waals surface area (Å²) in [6.45, 7) is 2.76. The first-order valence-electron chi connectivity index (χ1n) is 7.60. The molecular weight excluding hydrogens is 320 g/mol. The number of halogens is 1. The van der Waals surface area contributed by atoms with Gasteiger partial charge < -0.3 is 20.1 Å². The van der Waals surface area contributed by atoms with Crippen molar-refractivity contribution in [2.75, 3.05) is 20.3 Å². The van der Waals surface area contributed by atoms with Crippen LogP contribution in [0.4, 0.5) is 0 Å². The molecule has 2 amide bonds. The molecular formula is C16H21ClN2O4. The van der Waals surface area contributed by atoms with E-state index in [0.29, 0.717) is 41.7 Å². The van der Waals surface area contributed by atoms with E-state index < -0.39 is 11.9 Å². The van der Waals surface area contributed by atoms with Gasteiger partial charge >= 0.3 is 0 Å². The zero-order chi connectivity index (χ0) is 17.0. The number of methoxy groups -OCH3 is 1. The molecule has 1 saturated heterocycles. The van der Waals surface area contributed by atoms with Crippen molar-refractivity contribution in [2.45, 2.75) is 32.2 Å². The van der Waals surface area contributed by atoms with Gasteiger partial charge in [0.15, 0.2) is 11.5 Å². The number of nitrogens with zero attached hydrogens (tertiary/aromatic N) is 1. The Morgan fingerprint density at radius 1 is 1.39 bits per heavy atom. The van der Waals surface area contributed by atoms with Crippen molar-refractivity contribution in [1.82, 2.24) is 4.90 Å². The number of piperidine rings is 1. The van der Waals surface area contributed by atoms with Gasteiger partial charge in [-0.3, -0.25) is 9.59 Å². The lowest BCUT2D eigenvalue weighted by atomic mass is 10.00. The number of ether oxygens (including phenoxy) is 2. The van der Waals surface area contributed by atoms with E-state index in [9.17, 15) is 9.59 Å². The average molecular weight is 341 g/mol. The highest BCUT2D eigenvalue weighted by Gasteiger charge is 2.32. The van der Waals surface area contributed by atoms with Gasteiger partial charge in [0.25, 0.3) is 5.91 Å². The number of rotatable bonds is 5. The van der Waals surface area contributed by atoms with Gasteiger partial charge in [0.2, 0.25) is 5.91 Å². The Kier molecular flexibility index (Phi) is 5.71. The van der Waals surface area contributed by atoms with E-state index in [1.165, 1.54) is 18.1 Å². The second-order valence-corrected chi connectivity index (χ2v) is 5.74. The minimum Gasteiger partial charge on any atom is -0.493 e. The van der Waals surface area contributed by atoms with Gasteiger partial charge in [-0.05, 0) is 38.3 Å². The zero-order valence-electron chi connectivity index (χ0n) is 13.3. The van der Waals surface area contributed by atoms with Crippen molar-refractivity contribution in [3.8, 4) is 11.5 Å². The Labute approximate surface area is 140 Å². The van der Waals surface area contributed by atoms with Crippen molar-refractivity contribution < 1.29 is 19.1 Å². The predicted molar refractivity (Wildman–Crippen MR) is 87.0 cm³/mol. The third kappa shape index (κ3) is 3.69. The Hall–Kier alpha value is -1.95. The molecule has 1 aromatic rings. The molecule has 23 heavy (non-hydrogen) atoms. The highest BCUT2D eigenvalue weighted by molar-refractivity contribution is 6.32. The van der Waals surface area contributed by atoms with Gasteiger partial charge in [0.05, 0.1) is 18.7 Å². The minimum atomic E-state index is -0.576. The molecule has 0 aliphatic carbocycles. The molecule has 2 rings (SSSR count). The fourth-order valence-corrected chi connectivity index (χ4v) is 3.03. The molecule has 1 fully saturated rings. The topological polar surface area (TPSA) is 81.9 Å². The lowest BCUT2D eigenvalue weighted by Crippen LogP contribution is -2.50. The first-order valence-corrected chi connectivity index (χ1v) is 7.98. The second-order valence-electron chi connectivity index (χ2n) is 5.33. The molecule has 1 aliphatic rings. The number of hydrogen-bond donors (Lipinski definition) is 1. The number of hydrogen-bond acceptors (Lipinski definition) is 4. The third-order valence-electron chi connectivity index (χ3n) is 3.86. The molecule has 6 nitrogen and oxygen atoms in total. The Morgan fingerprint density at radius 2 is 2.13 bits per heavy atom. The van der Waals surface area contributed by atoms with Crippen molar-refractivity contribution in [1.29, 1.82) is 0 Å². The fraction of sp³-hybridized carbons (Fsp3) is 0.500. The summed E-state index contributed by atoms with van der Waals surface area (Å²) in [5.41, 5.74) is 5.77. The molecule has 1 atom stereocenters. The molecule has 2 N–H and O–H groups in total. The Balaban J connectivity index is 2.35. The standard InChI is InChI=1S/C16H21ClN2O4/c1-3-23-14-11(17)8-10(9-13(14)22-2)16(21)19-7-5-4-6-12(19)15(18)20/h8-9,12H,3-7H2,1-2H3,(H2,18,20). The van der Waals surface area contributed by atoms with E-state index in [2.05, 4.69) is 0 Å². The fourth-order valence-electron chi connectivity index (χ4n) is 2.76. The molecule has 0 radical (unpaired) electrons. The number of primary amides is 1. The lowest BCUT2D eigenvalue weighted by molar-refractivity contribution is -0.123. The summed E-state index contributed by atoms with van der Waals surface area (Å²) < 4.78 is 10.7. The molecule has 126 valence electrons. The van der Waals surface area contributed by atoms with Crippen LogP contribution in [0.15, 0.2) is 12.1 Å². The van der Waals surface area contributed by atoms with Gasteiger partial charge in [-0.1, -0.05) is 11.6 Å². The van der Waals surface area contributed by atoms with Gasteiger partial charge in [0, 0.05) is 12.1 Å². The molecule has 1 aliphatic heterocycles. The number of likely N-dealkylation sites (tertiary alicyclic amines) is 1. The largest absolute Gasteiger partial charge is 0.493 e. The smallest absolute Gasteiger partial charge is 0.254 e. The first kappa shape index (κ1) is 17.4. The zero-order valence-corrected chi connectivity index (χ0v) is 14.1. The van der Waals surface area contributed by atoms with Crippen LogP contribution >= 0.6 is 11.6 Å². The number of amides is 2. The molecule has 0 aromatic heterocycles. The van der Waals surface area contributed by atoms with Crippen LogP contribution in [-0.4, -0.2) is 43.0 Å². The Bertz CT molecular complexity index is 606. The van der Waals surface area contributed by atoms with E-state index >= 15 is 0 Å². The van der Waals surface area contributed by atoms with Crippen LogP contribution in [0.25, 0.3) is 0 Å². The van der Waals surface area contributed by atoms with Crippen LogP contribution in [0.1, 0.15) is 36.5 Å². The van der Waals surface area contributed by atoms with E-state index in [1.54, 1.807) is 6.07 Å². The van der Waals surface area contributed by atoms with E-state index in [-0.39, 0.29) is 5.91 Å². The normalized spacial score (nSPS) is 17.7. The van der Waals surface area contributed by atoms with Gasteiger partial charge in [0.1, 0.15) is 6.04 Å². The van der Waals surface area contributed by atoms with Crippen LogP contribution in [0, 0.1) is 0 Å². The maximum Gasteiger partial charge on any atom is 0.254 e. The van der Waals surface area contributed by atoms with E-state index in [4.69, 9.17) is 26.8 Å².